The van der Waals surface area contributed by atoms with Gasteiger partial charge in [-0.15, -0.1) is 0 Å². The van der Waals surface area contributed by atoms with Crippen LogP contribution in [0, 0.1) is 0 Å². The second-order valence-electron chi connectivity index (χ2n) is 5.52. The molecule has 0 aliphatic carbocycles. The maximum absolute atomic E-state index is 5.33. The summed E-state index contributed by atoms with van der Waals surface area (Å²) in [6.07, 6.45) is 0. The van der Waals surface area contributed by atoms with Crippen molar-refractivity contribution in [2.24, 2.45) is 0 Å². The lowest BCUT2D eigenvalue weighted by molar-refractivity contribution is 0.214. The lowest BCUT2D eigenvalue weighted by Gasteiger charge is -2.28. The van der Waals surface area contributed by atoms with Gasteiger partial charge in [0.1, 0.15) is 5.75 Å². The summed E-state index contributed by atoms with van der Waals surface area (Å²) in [6.45, 7) is 5.24. The lowest BCUT2D eigenvalue weighted by atomic mass is 9.97. The van der Waals surface area contributed by atoms with E-state index in [0.717, 1.165) is 31.3 Å². The van der Waals surface area contributed by atoms with Crippen molar-refractivity contribution >= 4 is 22.8 Å². The SMILES string of the molecule is COc1ccc2cc(C(C)CN3CCOSC3)ccc2c1. The summed E-state index contributed by atoms with van der Waals surface area (Å²) >= 11 is 1.56. The van der Waals surface area contributed by atoms with Crippen molar-refractivity contribution in [2.75, 3.05) is 32.7 Å². The summed E-state index contributed by atoms with van der Waals surface area (Å²) in [4.78, 5) is 2.46. The lowest BCUT2D eigenvalue weighted by Crippen LogP contribution is -2.33. The fourth-order valence-corrected chi connectivity index (χ4v) is 3.36. The van der Waals surface area contributed by atoms with Crippen LogP contribution < -0.4 is 4.74 Å². The second kappa shape index (κ2) is 6.69. The maximum atomic E-state index is 5.33. The van der Waals surface area contributed by atoms with Crippen LogP contribution in [0.1, 0.15) is 18.4 Å². The summed E-state index contributed by atoms with van der Waals surface area (Å²) in [5.74, 6) is 2.40. The fourth-order valence-electron chi connectivity index (χ4n) is 2.71. The molecule has 2 aromatic rings. The van der Waals surface area contributed by atoms with E-state index in [9.17, 15) is 0 Å². The third kappa shape index (κ3) is 3.51. The monoisotopic (exact) mass is 303 g/mol. The zero-order valence-corrected chi connectivity index (χ0v) is 13.4. The van der Waals surface area contributed by atoms with Crippen LogP contribution in [0.25, 0.3) is 10.8 Å². The number of hydrogen-bond donors (Lipinski definition) is 0. The summed E-state index contributed by atoms with van der Waals surface area (Å²) in [6, 6.07) is 13.0. The summed E-state index contributed by atoms with van der Waals surface area (Å²) in [5.41, 5.74) is 1.39. The molecule has 1 saturated heterocycles. The molecule has 0 amide bonds. The van der Waals surface area contributed by atoms with E-state index in [0.29, 0.717) is 5.92 Å². The molecule has 4 heteroatoms. The minimum atomic E-state index is 0.523. The van der Waals surface area contributed by atoms with Gasteiger partial charge in [0.2, 0.25) is 0 Å². The molecule has 3 rings (SSSR count). The van der Waals surface area contributed by atoms with E-state index in [4.69, 9.17) is 8.92 Å². The van der Waals surface area contributed by atoms with Gasteiger partial charge in [-0.2, -0.15) is 0 Å². The van der Waals surface area contributed by atoms with Gasteiger partial charge in [-0.3, -0.25) is 4.90 Å². The molecule has 0 N–H and O–H groups in total. The van der Waals surface area contributed by atoms with E-state index in [1.165, 1.54) is 16.3 Å². The quantitative estimate of drug-likeness (QED) is 0.799. The number of benzene rings is 2. The summed E-state index contributed by atoms with van der Waals surface area (Å²) in [5, 5.41) is 2.50. The first-order valence-electron chi connectivity index (χ1n) is 7.31. The van der Waals surface area contributed by atoms with Crippen molar-refractivity contribution in [1.82, 2.24) is 4.90 Å². The van der Waals surface area contributed by atoms with Gasteiger partial charge in [-0.25, -0.2) is 0 Å². The van der Waals surface area contributed by atoms with Crippen molar-refractivity contribution in [3.63, 3.8) is 0 Å². The Balaban J connectivity index is 1.76. The molecule has 1 atom stereocenters. The van der Waals surface area contributed by atoms with Crippen molar-refractivity contribution in [2.45, 2.75) is 12.8 Å². The highest BCUT2D eigenvalue weighted by atomic mass is 32.2. The highest BCUT2D eigenvalue weighted by Crippen LogP contribution is 2.26. The van der Waals surface area contributed by atoms with Gasteiger partial charge in [-0.1, -0.05) is 31.2 Å². The number of hydrogen-bond acceptors (Lipinski definition) is 4. The molecular formula is C17H21NO2S. The standard InChI is InChI=1S/C17H21NO2S/c1-13(11-18-7-8-20-21-12-18)14-3-4-16-10-17(19-2)6-5-15(16)9-14/h3-6,9-10,13H,7-8,11-12H2,1-2H3. The molecule has 0 aromatic heterocycles. The highest BCUT2D eigenvalue weighted by molar-refractivity contribution is 7.94. The normalized spacial score (nSPS) is 17.8. The third-order valence-corrected chi connectivity index (χ3v) is 4.79. The molecular weight excluding hydrogens is 282 g/mol. The zero-order valence-electron chi connectivity index (χ0n) is 12.5. The average molecular weight is 303 g/mol. The van der Waals surface area contributed by atoms with Crippen molar-refractivity contribution in [1.29, 1.82) is 0 Å². The molecule has 2 aromatic carbocycles. The molecule has 1 aliphatic heterocycles. The number of fused-ring (bicyclic) bond motifs is 1. The summed E-state index contributed by atoms with van der Waals surface area (Å²) in [7, 11) is 1.71. The van der Waals surface area contributed by atoms with Gasteiger partial charge in [0, 0.05) is 25.1 Å². The van der Waals surface area contributed by atoms with Crippen LogP contribution in [-0.4, -0.2) is 37.6 Å². The van der Waals surface area contributed by atoms with Crippen LogP contribution in [0.15, 0.2) is 36.4 Å². The fraction of sp³-hybridized carbons (Fsp3) is 0.412. The molecule has 1 aliphatic rings. The molecule has 0 bridgehead atoms. The molecule has 21 heavy (non-hydrogen) atoms. The smallest absolute Gasteiger partial charge is 0.119 e. The van der Waals surface area contributed by atoms with E-state index in [2.05, 4.69) is 42.2 Å². The van der Waals surface area contributed by atoms with Crippen molar-refractivity contribution in [3.05, 3.63) is 42.0 Å². The van der Waals surface area contributed by atoms with Gasteiger partial charge in [0.25, 0.3) is 0 Å². The Hall–Kier alpha value is -1.23. The molecule has 1 heterocycles. The first-order chi connectivity index (χ1) is 10.3. The van der Waals surface area contributed by atoms with E-state index in [-0.39, 0.29) is 0 Å². The van der Waals surface area contributed by atoms with Crippen LogP contribution >= 0.6 is 12.0 Å². The van der Waals surface area contributed by atoms with E-state index in [1.807, 2.05) is 6.07 Å². The number of rotatable bonds is 4. The van der Waals surface area contributed by atoms with Crippen LogP contribution in [0.5, 0.6) is 5.75 Å². The predicted octanol–water partition coefficient (Wildman–Crippen LogP) is 3.89. The van der Waals surface area contributed by atoms with E-state index in [1.54, 1.807) is 19.2 Å². The van der Waals surface area contributed by atoms with Crippen LogP contribution in [-0.2, 0) is 4.18 Å². The molecule has 3 nitrogen and oxygen atoms in total. The number of ether oxygens (including phenoxy) is 1. The third-order valence-electron chi connectivity index (χ3n) is 3.98. The first kappa shape index (κ1) is 14.7. The Labute approximate surface area is 130 Å². The molecule has 1 unspecified atom stereocenters. The average Bonchev–Trinajstić information content (AvgIpc) is 2.54. The first-order valence-corrected chi connectivity index (χ1v) is 8.22. The van der Waals surface area contributed by atoms with Crippen molar-refractivity contribution in [3.8, 4) is 5.75 Å². The molecule has 0 radical (unpaired) electrons. The second-order valence-corrected chi connectivity index (χ2v) is 6.25. The van der Waals surface area contributed by atoms with Crippen LogP contribution in [0.3, 0.4) is 0 Å². The van der Waals surface area contributed by atoms with Gasteiger partial charge in [0.15, 0.2) is 0 Å². The molecule has 0 saturated carbocycles. The molecule has 0 spiro atoms. The minimum absolute atomic E-state index is 0.523. The van der Waals surface area contributed by atoms with Gasteiger partial charge in [0.05, 0.1) is 19.6 Å². The Bertz CT molecular complexity index is 611. The van der Waals surface area contributed by atoms with Gasteiger partial charge in [-0.05, 0) is 34.4 Å². The van der Waals surface area contributed by atoms with Crippen molar-refractivity contribution < 1.29 is 8.92 Å². The maximum Gasteiger partial charge on any atom is 0.119 e. The molecule has 112 valence electrons. The topological polar surface area (TPSA) is 21.7 Å². The van der Waals surface area contributed by atoms with Crippen LogP contribution in [0.2, 0.25) is 0 Å². The van der Waals surface area contributed by atoms with Gasteiger partial charge < -0.3 is 8.92 Å². The van der Waals surface area contributed by atoms with Crippen LogP contribution in [0.4, 0.5) is 0 Å². The Morgan fingerprint density at radius 3 is 2.81 bits per heavy atom. The Morgan fingerprint density at radius 1 is 1.24 bits per heavy atom. The van der Waals surface area contributed by atoms with E-state index < -0.39 is 0 Å². The molecule has 1 fully saturated rings. The number of methoxy groups -OCH3 is 1. The Kier molecular flexibility index (Phi) is 4.68. The zero-order chi connectivity index (χ0) is 14.7. The largest absolute Gasteiger partial charge is 0.497 e. The predicted molar refractivity (Wildman–Crippen MR) is 88.9 cm³/mol. The number of nitrogens with zero attached hydrogens (tertiary/aromatic N) is 1. The Morgan fingerprint density at radius 2 is 2.05 bits per heavy atom. The minimum Gasteiger partial charge on any atom is -0.497 e. The van der Waals surface area contributed by atoms with E-state index >= 15 is 0 Å². The highest BCUT2D eigenvalue weighted by Gasteiger charge is 2.15. The van der Waals surface area contributed by atoms with Gasteiger partial charge >= 0.3 is 0 Å². The summed E-state index contributed by atoms with van der Waals surface area (Å²) < 4.78 is 10.6.